The van der Waals surface area contributed by atoms with Gasteiger partial charge in [0.15, 0.2) is 0 Å². The van der Waals surface area contributed by atoms with Gasteiger partial charge in [0.1, 0.15) is 17.3 Å². The summed E-state index contributed by atoms with van der Waals surface area (Å²) in [5, 5.41) is 6.82. The van der Waals surface area contributed by atoms with Crippen LogP contribution >= 0.6 is 0 Å². The van der Waals surface area contributed by atoms with Gasteiger partial charge in [0.25, 0.3) is 5.91 Å². The highest BCUT2D eigenvalue weighted by Gasteiger charge is 2.30. The molecule has 0 saturated heterocycles. The largest absolute Gasteiger partial charge is 0.381 e. The number of nitrogens with zero attached hydrogens (tertiary/aromatic N) is 2. The average molecular weight is 363 g/mol. The van der Waals surface area contributed by atoms with Crippen molar-refractivity contribution in [1.82, 2.24) is 15.1 Å². The number of ether oxygens (including phenoxy) is 1. The molecule has 0 aliphatic heterocycles. The van der Waals surface area contributed by atoms with E-state index in [2.05, 4.69) is 10.2 Å². The molecular weight excluding hydrogens is 340 g/mol. The summed E-state index contributed by atoms with van der Waals surface area (Å²) >= 11 is 0. The van der Waals surface area contributed by atoms with Crippen LogP contribution in [-0.2, 0) is 11.3 Å². The van der Waals surface area contributed by atoms with Crippen LogP contribution in [0.2, 0.25) is 0 Å². The van der Waals surface area contributed by atoms with E-state index in [1.54, 1.807) is 18.1 Å². The first-order chi connectivity index (χ1) is 12.5. The minimum absolute atomic E-state index is 0.0164. The van der Waals surface area contributed by atoms with E-state index in [1.165, 1.54) is 12.1 Å². The summed E-state index contributed by atoms with van der Waals surface area (Å²) in [6, 6.07) is 5.02. The van der Waals surface area contributed by atoms with E-state index >= 15 is 0 Å². The summed E-state index contributed by atoms with van der Waals surface area (Å²) in [6.07, 6.45) is 3.46. The Bertz CT molecular complexity index is 750. The molecule has 1 aliphatic rings. The van der Waals surface area contributed by atoms with Crippen molar-refractivity contribution in [3.63, 3.8) is 0 Å². The van der Waals surface area contributed by atoms with E-state index in [9.17, 15) is 13.6 Å². The second kappa shape index (κ2) is 7.95. The van der Waals surface area contributed by atoms with Gasteiger partial charge in [-0.1, -0.05) is 0 Å². The number of hydrogen-bond donors (Lipinski definition) is 1. The van der Waals surface area contributed by atoms with E-state index in [1.807, 2.05) is 6.92 Å². The molecule has 140 valence electrons. The molecule has 3 rings (SSSR count). The molecule has 1 aromatic heterocycles. The third-order valence-corrected chi connectivity index (χ3v) is 4.88. The van der Waals surface area contributed by atoms with Gasteiger partial charge in [-0.3, -0.25) is 9.89 Å². The number of carbonyl (C=O) groups excluding carboxylic acids is 1. The van der Waals surface area contributed by atoms with E-state index in [0.29, 0.717) is 11.3 Å². The van der Waals surface area contributed by atoms with Crippen molar-refractivity contribution >= 4 is 5.91 Å². The van der Waals surface area contributed by atoms with Crippen LogP contribution in [0.3, 0.4) is 0 Å². The van der Waals surface area contributed by atoms with Gasteiger partial charge >= 0.3 is 0 Å². The van der Waals surface area contributed by atoms with Crippen molar-refractivity contribution < 1.29 is 18.3 Å². The molecule has 2 aromatic rings. The average Bonchev–Trinajstić information content (AvgIpc) is 3.05. The Morgan fingerprint density at radius 2 is 1.85 bits per heavy atom. The Hall–Kier alpha value is -2.28. The summed E-state index contributed by atoms with van der Waals surface area (Å²) in [5.74, 6) is -1.53. The predicted octanol–water partition coefficient (Wildman–Crippen LogP) is 3.60. The van der Waals surface area contributed by atoms with Crippen LogP contribution in [0.25, 0.3) is 0 Å². The molecule has 0 unspecified atom stereocenters. The lowest BCUT2D eigenvalue weighted by Crippen LogP contribution is -2.43. The minimum Gasteiger partial charge on any atom is -0.381 e. The summed E-state index contributed by atoms with van der Waals surface area (Å²) in [6.45, 7) is 1.96. The van der Waals surface area contributed by atoms with Crippen LogP contribution < -0.4 is 0 Å². The number of rotatable bonds is 5. The van der Waals surface area contributed by atoms with Crippen molar-refractivity contribution in [2.45, 2.75) is 51.3 Å². The zero-order valence-corrected chi connectivity index (χ0v) is 15.0. The molecule has 0 bridgehead atoms. The van der Waals surface area contributed by atoms with Gasteiger partial charge in [-0.15, -0.1) is 0 Å². The number of aromatic nitrogens is 2. The number of carbonyl (C=O) groups is 1. The van der Waals surface area contributed by atoms with Gasteiger partial charge in [0.05, 0.1) is 6.10 Å². The Morgan fingerprint density at radius 1 is 1.19 bits per heavy atom. The predicted molar refractivity (Wildman–Crippen MR) is 92.6 cm³/mol. The lowest BCUT2D eigenvalue weighted by molar-refractivity contribution is 0.0310. The van der Waals surface area contributed by atoms with Crippen LogP contribution in [-0.4, -0.2) is 40.3 Å². The molecule has 1 N–H and O–H groups in total. The fourth-order valence-corrected chi connectivity index (χ4v) is 3.53. The number of hydrogen-bond acceptors (Lipinski definition) is 3. The van der Waals surface area contributed by atoms with E-state index < -0.39 is 11.6 Å². The Morgan fingerprint density at radius 3 is 2.38 bits per heavy atom. The molecule has 1 aromatic carbocycles. The van der Waals surface area contributed by atoms with Crippen molar-refractivity contribution in [3.05, 3.63) is 52.9 Å². The highest BCUT2D eigenvalue weighted by atomic mass is 19.1. The number of amides is 1. The quantitative estimate of drug-likeness (QED) is 0.883. The lowest BCUT2D eigenvalue weighted by atomic mass is 9.91. The monoisotopic (exact) mass is 363 g/mol. The first kappa shape index (κ1) is 18.5. The van der Waals surface area contributed by atoms with Gasteiger partial charge in [0, 0.05) is 31.5 Å². The van der Waals surface area contributed by atoms with Gasteiger partial charge in [-0.25, -0.2) is 8.78 Å². The number of benzene rings is 1. The standard InChI is InChI=1S/C19H23F2N3O2/c1-12-7-18(23-22-12)19(25)24(16-3-5-17(26-2)6-4-16)11-13-8-14(20)10-15(21)9-13/h7-10,16-17H,3-6,11H2,1-2H3,(H,22,23). The smallest absolute Gasteiger partial charge is 0.274 e. The molecule has 26 heavy (non-hydrogen) atoms. The highest BCUT2D eigenvalue weighted by Crippen LogP contribution is 2.27. The third-order valence-electron chi connectivity index (χ3n) is 4.88. The summed E-state index contributed by atoms with van der Waals surface area (Å²) in [7, 11) is 1.69. The van der Waals surface area contributed by atoms with Crippen molar-refractivity contribution in [1.29, 1.82) is 0 Å². The molecule has 0 spiro atoms. The number of aromatic amines is 1. The number of halogens is 2. The second-order valence-corrected chi connectivity index (χ2v) is 6.81. The molecule has 7 heteroatoms. The summed E-state index contributed by atoms with van der Waals surface area (Å²) in [4.78, 5) is 14.7. The zero-order valence-electron chi connectivity index (χ0n) is 15.0. The first-order valence-corrected chi connectivity index (χ1v) is 8.77. The molecular formula is C19H23F2N3O2. The van der Waals surface area contributed by atoms with Gasteiger partial charge in [0.2, 0.25) is 0 Å². The topological polar surface area (TPSA) is 58.2 Å². The summed E-state index contributed by atoms with van der Waals surface area (Å²) in [5.41, 5.74) is 1.53. The van der Waals surface area contributed by atoms with Gasteiger partial charge in [-0.2, -0.15) is 5.10 Å². The van der Waals surface area contributed by atoms with Crippen LogP contribution in [0.5, 0.6) is 0 Å². The fraction of sp³-hybridized carbons (Fsp3) is 0.474. The van der Waals surface area contributed by atoms with E-state index in [0.717, 1.165) is 37.4 Å². The van der Waals surface area contributed by atoms with Gasteiger partial charge < -0.3 is 9.64 Å². The number of nitrogens with one attached hydrogen (secondary N) is 1. The number of methoxy groups -OCH3 is 1. The fourth-order valence-electron chi connectivity index (χ4n) is 3.53. The van der Waals surface area contributed by atoms with E-state index in [4.69, 9.17) is 4.74 Å². The summed E-state index contributed by atoms with van der Waals surface area (Å²) < 4.78 is 32.5. The Balaban J connectivity index is 1.84. The third kappa shape index (κ3) is 4.27. The van der Waals surface area contributed by atoms with Crippen LogP contribution in [0.4, 0.5) is 8.78 Å². The zero-order chi connectivity index (χ0) is 18.7. The van der Waals surface area contributed by atoms with Crippen LogP contribution in [0.1, 0.15) is 47.4 Å². The van der Waals surface area contributed by atoms with Crippen LogP contribution in [0, 0.1) is 18.6 Å². The molecule has 1 fully saturated rings. The maximum absolute atomic E-state index is 13.6. The minimum atomic E-state index is -0.647. The molecule has 1 heterocycles. The number of aryl methyl sites for hydroxylation is 1. The van der Waals surface area contributed by atoms with Gasteiger partial charge in [-0.05, 0) is 56.4 Å². The normalized spacial score (nSPS) is 20.2. The Labute approximate surface area is 151 Å². The molecule has 1 aliphatic carbocycles. The molecule has 1 saturated carbocycles. The van der Waals surface area contributed by atoms with Crippen molar-refractivity contribution in [2.75, 3.05) is 7.11 Å². The highest BCUT2D eigenvalue weighted by molar-refractivity contribution is 5.92. The molecule has 1 amide bonds. The first-order valence-electron chi connectivity index (χ1n) is 8.77. The van der Waals surface area contributed by atoms with Crippen LogP contribution in [0.15, 0.2) is 24.3 Å². The SMILES string of the molecule is COC1CCC(N(Cc2cc(F)cc(F)c2)C(=O)c2cc(C)[nH]n2)CC1. The molecule has 5 nitrogen and oxygen atoms in total. The van der Waals surface area contributed by atoms with Crippen molar-refractivity contribution in [3.8, 4) is 0 Å². The van der Waals surface area contributed by atoms with Crippen molar-refractivity contribution in [2.24, 2.45) is 0 Å². The lowest BCUT2D eigenvalue weighted by Gasteiger charge is -2.36. The Kier molecular flexibility index (Phi) is 5.66. The maximum Gasteiger partial charge on any atom is 0.274 e. The van der Waals surface area contributed by atoms with E-state index in [-0.39, 0.29) is 24.6 Å². The molecule has 0 radical (unpaired) electrons. The molecule has 0 atom stereocenters. The number of H-pyrrole nitrogens is 1. The maximum atomic E-state index is 13.6. The second-order valence-electron chi connectivity index (χ2n) is 6.81.